The molecule has 2 rings (SSSR count). The van der Waals surface area contributed by atoms with Crippen molar-refractivity contribution in [1.29, 1.82) is 5.26 Å². The van der Waals surface area contributed by atoms with Gasteiger partial charge in [-0.2, -0.15) is 5.26 Å². The molecular formula is C20H19BrN4O. The van der Waals surface area contributed by atoms with E-state index in [1.165, 1.54) is 6.20 Å². The van der Waals surface area contributed by atoms with E-state index in [9.17, 15) is 10.2 Å². The molecule has 0 unspecified atom stereocenters. The Bertz CT molecular complexity index is 968. The van der Waals surface area contributed by atoms with E-state index in [-0.39, 0.29) is 5.69 Å². The quantitative estimate of drug-likeness (QED) is 0.442. The molecule has 1 aromatic carbocycles. The summed E-state index contributed by atoms with van der Waals surface area (Å²) < 4.78 is 0.875. The largest absolute Gasteiger partial charge is 0.353 e. The smallest absolute Gasteiger partial charge is 0.150 e. The van der Waals surface area contributed by atoms with Gasteiger partial charge in [0.1, 0.15) is 5.69 Å². The molecule has 2 aromatic rings. The van der Waals surface area contributed by atoms with Gasteiger partial charge in [0.15, 0.2) is 0 Å². The predicted molar refractivity (Wildman–Crippen MR) is 110 cm³/mol. The maximum absolute atomic E-state index is 11.2. The summed E-state index contributed by atoms with van der Waals surface area (Å²) in [6.07, 6.45) is 6.92. The van der Waals surface area contributed by atoms with Gasteiger partial charge in [0, 0.05) is 15.6 Å². The van der Waals surface area contributed by atoms with Crippen LogP contribution in [-0.2, 0) is 0 Å². The number of nitrogens with zero attached hydrogens (tertiary/aromatic N) is 3. The van der Waals surface area contributed by atoms with Crippen molar-refractivity contribution in [3.05, 3.63) is 69.9 Å². The van der Waals surface area contributed by atoms with E-state index in [0.29, 0.717) is 11.3 Å². The SMILES string of the molecule is C=C(/C=C\C(=C/C)Nc1c(N=O)cnc2ccc(Br)cc12)C(C)(C)C#N. The monoisotopic (exact) mass is 410 g/mol. The first-order chi connectivity index (χ1) is 12.3. The van der Waals surface area contributed by atoms with Crippen molar-refractivity contribution in [2.24, 2.45) is 10.6 Å². The van der Waals surface area contributed by atoms with Crippen LogP contribution in [0.4, 0.5) is 11.4 Å². The predicted octanol–water partition coefficient (Wildman–Crippen LogP) is 6.37. The molecule has 1 aromatic heterocycles. The Kier molecular flexibility index (Phi) is 6.06. The molecule has 5 nitrogen and oxygen atoms in total. The molecule has 1 N–H and O–H groups in total. The van der Waals surface area contributed by atoms with Gasteiger partial charge in [-0.05, 0) is 55.8 Å². The standard InChI is InChI=1S/C20H19BrN4O/c1-5-15(8-6-13(2)20(3,4)12-22)24-19-16-10-14(21)7-9-17(16)23-11-18(19)25-26/h5-11H,2H2,1,3-4H3,(H,23,24)/b8-6-,15-5+. The molecule has 6 heteroatoms. The van der Waals surface area contributed by atoms with Crippen molar-refractivity contribution in [3.63, 3.8) is 0 Å². The molecular weight excluding hydrogens is 392 g/mol. The van der Waals surface area contributed by atoms with E-state index in [4.69, 9.17) is 0 Å². The van der Waals surface area contributed by atoms with Crippen LogP contribution in [0.2, 0.25) is 0 Å². The Hall–Kier alpha value is -2.78. The lowest BCUT2D eigenvalue weighted by molar-refractivity contribution is 0.615. The molecule has 0 bridgehead atoms. The Morgan fingerprint density at radius 2 is 2.15 bits per heavy atom. The first kappa shape index (κ1) is 19.5. The van der Waals surface area contributed by atoms with Crippen LogP contribution in [0.15, 0.2) is 70.1 Å². The highest BCUT2D eigenvalue weighted by Gasteiger charge is 2.18. The highest BCUT2D eigenvalue weighted by Crippen LogP contribution is 2.34. The number of allylic oxidation sites excluding steroid dienone is 4. The van der Waals surface area contributed by atoms with Crippen molar-refractivity contribution in [2.45, 2.75) is 20.8 Å². The summed E-state index contributed by atoms with van der Waals surface area (Å²) in [7, 11) is 0. The molecule has 0 aliphatic rings. The van der Waals surface area contributed by atoms with Crippen molar-refractivity contribution in [2.75, 3.05) is 5.32 Å². The van der Waals surface area contributed by atoms with E-state index >= 15 is 0 Å². The number of nitrogens with one attached hydrogen (secondary N) is 1. The van der Waals surface area contributed by atoms with Gasteiger partial charge in [-0.15, -0.1) is 4.91 Å². The maximum atomic E-state index is 11.2. The number of fused-ring (bicyclic) bond motifs is 1. The van der Waals surface area contributed by atoms with Crippen LogP contribution < -0.4 is 5.32 Å². The average molecular weight is 411 g/mol. The number of pyridine rings is 1. The van der Waals surface area contributed by atoms with E-state index in [1.807, 2.05) is 51.1 Å². The maximum Gasteiger partial charge on any atom is 0.150 e. The van der Waals surface area contributed by atoms with E-state index in [1.54, 1.807) is 6.08 Å². The third-order valence-corrected chi connectivity index (χ3v) is 4.53. The fraction of sp³-hybridized carbons (Fsp3) is 0.200. The number of aromatic nitrogens is 1. The molecule has 0 saturated carbocycles. The van der Waals surface area contributed by atoms with Crippen LogP contribution in [0.5, 0.6) is 0 Å². The Balaban J connectivity index is 2.43. The van der Waals surface area contributed by atoms with Gasteiger partial charge in [0.2, 0.25) is 0 Å². The third-order valence-electron chi connectivity index (χ3n) is 4.04. The van der Waals surface area contributed by atoms with Crippen LogP contribution >= 0.6 is 15.9 Å². The van der Waals surface area contributed by atoms with E-state index in [0.717, 1.165) is 21.1 Å². The zero-order chi connectivity index (χ0) is 19.3. The minimum Gasteiger partial charge on any atom is -0.353 e. The van der Waals surface area contributed by atoms with Gasteiger partial charge in [0.05, 0.1) is 28.9 Å². The fourth-order valence-corrected chi connectivity index (χ4v) is 2.54. The van der Waals surface area contributed by atoms with Crippen LogP contribution in [0.1, 0.15) is 20.8 Å². The summed E-state index contributed by atoms with van der Waals surface area (Å²) in [5, 5.41) is 16.3. The van der Waals surface area contributed by atoms with Crippen LogP contribution in [0.3, 0.4) is 0 Å². The molecule has 0 radical (unpaired) electrons. The number of nitroso groups, excluding NO2 is 1. The van der Waals surface area contributed by atoms with Gasteiger partial charge < -0.3 is 5.32 Å². The van der Waals surface area contributed by atoms with Crippen molar-refractivity contribution in [1.82, 2.24) is 4.98 Å². The lowest BCUT2D eigenvalue weighted by Crippen LogP contribution is -2.09. The molecule has 0 saturated heterocycles. The number of hydrogen-bond donors (Lipinski definition) is 1. The highest BCUT2D eigenvalue weighted by molar-refractivity contribution is 9.10. The van der Waals surface area contributed by atoms with Gasteiger partial charge in [-0.25, -0.2) is 0 Å². The third kappa shape index (κ3) is 4.24. The molecule has 0 aliphatic carbocycles. The lowest BCUT2D eigenvalue weighted by Gasteiger charge is -2.16. The summed E-state index contributed by atoms with van der Waals surface area (Å²) in [6.45, 7) is 9.45. The summed E-state index contributed by atoms with van der Waals surface area (Å²) in [4.78, 5) is 15.5. The molecule has 0 aliphatic heterocycles. The first-order valence-electron chi connectivity index (χ1n) is 7.96. The molecule has 0 amide bonds. The van der Waals surface area contributed by atoms with E-state index in [2.05, 4.69) is 44.1 Å². The zero-order valence-corrected chi connectivity index (χ0v) is 16.5. The van der Waals surface area contributed by atoms with Gasteiger partial charge in [-0.1, -0.05) is 34.7 Å². The minimum absolute atomic E-state index is 0.222. The van der Waals surface area contributed by atoms with Crippen LogP contribution in [-0.4, -0.2) is 4.98 Å². The highest BCUT2D eigenvalue weighted by atomic mass is 79.9. The van der Waals surface area contributed by atoms with Gasteiger partial charge in [-0.3, -0.25) is 4.98 Å². The number of hydrogen-bond acceptors (Lipinski definition) is 5. The summed E-state index contributed by atoms with van der Waals surface area (Å²) in [6, 6.07) is 7.85. The number of rotatable bonds is 6. The second-order valence-electron chi connectivity index (χ2n) is 6.24. The number of halogens is 1. The zero-order valence-electron chi connectivity index (χ0n) is 14.9. The molecule has 0 atom stereocenters. The molecule has 132 valence electrons. The fourth-order valence-electron chi connectivity index (χ4n) is 2.18. The average Bonchev–Trinajstić information content (AvgIpc) is 2.64. The molecule has 26 heavy (non-hydrogen) atoms. The topological polar surface area (TPSA) is 78.1 Å². The lowest BCUT2D eigenvalue weighted by atomic mass is 9.86. The van der Waals surface area contributed by atoms with Gasteiger partial charge in [0.25, 0.3) is 0 Å². The first-order valence-corrected chi connectivity index (χ1v) is 8.75. The second kappa shape index (κ2) is 8.07. The minimum atomic E-state index is -0.654. The summed E-state index contributed by atoms with van der Waals surface area (Å²) >= 11 is 3.44. The van der Waals surface area contributed by atoms with Crippen molar-refractivity contribution < 1.29 is 0 Å². The Labute approximate surface area is 161 Å². The molecule has 0 spiro atoms. The van der Waals surface area contributed by atoms with E-state index < -0.39 is 5.41 Å². The normalized spacial score (nSPS) is 12.2. The Morgan fingerprint density at radius 1 is 1.42 bits per heavy atom. The molecule has 1 heterocycles. The number of nitriles is 1. The molecule has 0 fully saturated rings. The summed E-state index contributed by atoms with van der Waals surface area (Å²) in [5.41, 5.74) is 2.33. The van der Waals surface area contributed by atoms with Crippen molar-refractivity contribution >= 4 is 38.2 Å². The Morgan fingerprint density at radius 3 is 2.77 bits per heavy atom. The van der Waals surface area contributed by atoms with Crippen LogP contribution in [0.25, 0.3) is 10.9 Å². The number of anilines is 1. The number of benzene rings is 1. The van der Waals surface area contributed by atoms with Crippen molar-refractivity contribution in [3.8, 4) is 6.07 Å². The van der Waals surface area contributed by atoms with Gasteiger partial charge >= 0.3 is 0 Å². The summed E-state index contributed by atoms with van der Waals surface area (Å²) in [5.74, 6) is 0. The second-order valence-corrected chi connectivity index (χ2v) is 7.15. The van der Waals surface area contributed by atoms with Crippen LogP contribution in [0, 0.1) is 21.7 Å².